The highest BCUT2D eigenvalue weighted by Crippen LogP contribution is 2.28. The Balaban J connectivity index is 0.00000264. The van der Waals surface area contributed by atoms with Crippen LogP contribution in [0.5, 0.6) is 0 Å². The molecule has 0 saturated heterocycles. The minimum Gasteiger partial charge on any atom is -0.356 e. The van der Waals surface area contributed by atoms with Gasteiger partial charge in [-0.1, -0.05) is 12.8 Å². The van der Waals surface area contributed by atoms with Crippen LogP contribution in [-0.2, 0) is 6.54 Å². The van der Waals surface area contributed by atoms with Crippen LogP contribution in [0.2, 0.25) is 0 Å². The summed E-state index contributed by atoms with van der Waals surface area (Å²) in [5.41, 5.74) is 0.852. The molecular weight excluding hydrogens is 422 g/mol. The second-order valence-electron chi connectivity index (χ2n) is 5.44. The van der Waals surface area contributed by atoms with Crippen LogP contribution in [0.4, 0.5) is 13.2 Å². The van der Waals surface area contributed by atoms with Crippen LogP contribution < -0.4 is 10.6 Å². The number of halogens is 4. The number of rotatable bonds is 5. The predicted molar refractivity (Wildman–Crippen MR) is 94.0 cm³/mol. The number of nitrogens with one attached hydrogen (secondary N) is 2. The number of hydrogen-bond donors (Lipinski definition) is 2. The Kier molecular flexibility index (Phi) is 8.13. The van der Waals surface area contributed by atoms with Crippen LogP contribution in [0.15, 0.2) is 17.3 Å². The molecule has 0 unspecified atom stereocenters. The van der Waals surface area contributed by atoms with Crippen molar-refractivity contribution in [1.82, 2.24) is 20.4 Å². The second-order valence-corrected chi connectivity index (χ2v) is 5.44. The summed E-state index contributed by atoms with van der Waals surface area (Å²) < 4.78 is 38.3. The molecule has 0 spiro atoms. The molecule has 23 heavy (non-hydrogen) atoms. The van der Waals surface area contributed by atoms with Crippen molar-refractivity contribution in [3.63, 3.8) is 0 Å². The monoisotopic (exact) mass is 445 g/mol. The summed E-state index contributed by atoms with van der Waals surface area (Å²) in [5, 5.41) is 10.1. The van der Waals surface area contributed by atoms with Crippen LogP contribution in [-0.4, -0.2) is 35.5 Å². The first-order valence-electron chi connectivity index (χ1n) is 7.53. The van der Waals surface area contributed by atoms with Gasteiger partial charge in [-0.25, -0.2) is 0 Å². The molecule has 2 rings (SSSR count). The van der Waals surface area contributed by atoms with E-state index in [1.807, 2.05) is 16.9 Å². The first-order chi connectivity index (χ1) is 10.5. The van der Waals surface area contributed by atoms with Crippen LogP contribution in [0.3, 0.4) is 0 Å². The number of hydrogen-bond acceptors (Lipinski definition) is 2. The first kappa shape index (κ1) is 20.0. The van der Waals surface area contributed by atoms with Gasteiger partial charge in [0.1, 0.15) is 0 Å². The van der Waals surface area contributed by atoms with E-state index in [2.05, 4.69) is 20.7 Å². The Morgan fingerprint density at radius 2 is 2.04 bits per heavy atom. The lowest BCUT2D eigenvalue weighted by molar-refractivity contribution is -0.132. The van der Waals surface area contributed by atoms with Gasteiger partial charge < -0.3 is 10.6 Å². The molecule has 1 heterocycles. The standard InChI is InChI=1S/C14H22F3N5.HI/c1-18-13(19-8-7-14(15,16)17)20-10-11-6-9-22(21-11)12-4-2-3-5-12;/h6,9,12H,2-5,7-8,10H2,1H3,(H2,18,19,20);1H. The molecule has 5 nitrogen and oxygen atoms in total. The predicted octanol–water partition coefficient (Wildman–Crippen LogP) is 3.23. The van der Waals surface area contributed by atoms with Gasteiger partial charge in [0.05, 0.1) is 24.7 Å². The Labute approximate surface area is 151 Å². The number of alkyl halides is 3. The zero-order valence-electron chi connectivity index (χ0n) is 13.1. The molecule has 1 aliphatic carbocycles. The van der Waals surface area contributed by atoms with Gasteiger partial charge in [0.15, 0.2) is 5.96 Å². The van der Waals surface area contributed by atoms with Crippen molar-refractivity contribution in [1.29, 1.82) is 0 Å². The largest absolute Gasteiger partial charge is 0.390 e. The molecule has 0 radical (unpaired) electrons. The highest BCUT2D eigenvalue weighted by molar-refractivity contribution is 14.0. The molecule has 9 heteroatoms. The third kappa shape index (κ3) is 6.96. The molecule has 0 bridgehead atoms. The van der Waals surface area contributed by atoms with Crippen LogP contribution in [0, 0.1) is 0 Å². The minimum absolute atomic E-state index is 0. The number of aliphatic imine (C=N–C) groups is 1. The smallest absolute Gasteiger partial charge is 0.356 e. The van der Waals surface area contributed by atoms with E-state index in [1.165, 1.54) is 19.9 Å². The van der Waals surface area contributed by atoms with Crippen molar-refractivity contribution in [2.75, 3.05) is 13.6 Å². The van der Waals surface area contributed by atoms with Crippen molar-refractivity contribution in [3.05, 3.63) is 18.0 Å². The number of guanidine groups is 1. The Morgan fingerprint density at radius 3 is 2.65 bits per heavy atom. The molecule has 2 N–H and O–H groups in total. The third-order valence-electron chi connectivity index (χ3n) is 3.72. The molecule has 1 saturated carbocycles. The average Bonchev–Trinajstić information content (AvgIpc) is 3.11. The van der Waals surface area contributed by atoms with Crippen molar-refractivity contribution in [2.45, 2.75) is 50.9 Å². The summed E-state index contributed by atoms with van der Waals surface area (Å²) in [5.74, 6) is 0.347. The van der Waals surface area contributed by atoms with Gasteiger partial charge in [0, 0.05) is 19.8 Å². The van der Waals surface area contributed by atoms with E-state index >= 15 is 0 Å². The fourth-order valence-corrected chi connectivity index (χ4v) is 2.56. The van der Waals surface area contributed by atoms with E-state index in [-0.39, 0.29) is 30.5 Å². The van der Waals surface area contributed by atoms with Gasteiger partial charge >= 0.3 is 6.18 Å². The minimum atomic E-state index is -4.16. The lowest BCUT2D eigenvalue weighted by Gasteiger charge is -2.12. The van der Waals surface area contributed by atoms with Crippen LogP contribution >= 0.6 is 24.0 Å². The van der Waals surface area contributed by atoms with E-state index in [9.17, 15) is 13.2 Å². The zero-order valence-corrected chi connectivity index (χ0v) is 15.4. The lowest BCUT2D eigenvalue weighted by atomic mass is 10.3. The molecule has 1 aliphatic rings. The summed E-state index contributed by atoms with van der Waals surface area (Å²) in [6, 6.07) is 2.41. The van der Waals surface area contributed by atoms with Gasteiger partial charge in [0.2, 0.25) is 0 Å². The van der Waals surface area contributed by atoms with Crippen molar-refractivity contribution in [3.8, 4) is 0 Å². The summed E-state index contributed by atoms with van der Waals surface area (Å²) >= 11 is 0. The van der Waals surface area contributed by atoms with E-state index in [1.54, 1.807) is 0 Å². The second kappa shape index (κ2) is 9.33. The maximum Gasteiger partial charge on any atom is 0.390 e. The average molecular weight is 445 g/mol. The number of aromatic nitrogens is 2. The topological polar surface area (TPSA) is 54.2 Å². The van der Waals surface area contributed by atoms with Gasteiger partial charge in [0.25, 0.3) is 0 Å². The third-order valence-corrected chi connectivity index (χ3v) is 3.72. The molecule has 1 aromatic rings. The van der Waals surface area contributed by atoms with E-state index in [0.29, 0.717) is 18.5 Å². The van der Waals surface area contributed by atoms with Crippen LogP contribution in [0.1, 0.15) is 43.8 Å². The SMILES string of the molecule is CN=C(NCCC(F)(F)F)NCc1ccn(C2CCCC2)n1.I. The molecular formula is C14H23F3IN5. The molecule has 0 atom stereocenters. The molecule has 0 amide bonds. The normalized spacial score (nSPS) is 16.3. The van der Waals surface area contributed by atoms with Gasteiger partial charge in [-0.3, -0.25) is 9.67 Å². The van der Waals surface area contributed by atoms with Crippen molar-refractivity contribution in [2.24, 2.45) is 4.99 Å². The first-order valence-corrected chi connectivity index (χ1v) is 7.53. The van der Waals surface area contributed by atoms with E-state index in [0.717, 1.165) is 18.5 Å². The summed E-state index contributed by atoms with van der Waals surface area (Å²) in [6.45, 7) is 0.241. The van der Waals surface area contributed by atoms with Crippen molar-refractivity contribution >= 4 is 29.9 Å². The summed E-state index contributed by atoms with van der Waals surface area (Å²) in [4.78, 5) is 3.90. The van der Waals surface area contributed by atoms with Crippen LogP contribution in [0.25, 0.3) is 0 Å². The van der Waals surface area contributed by atoms with Gasteiger partial charge in [-0.2, -0.15) is 18.3 Å². The highest BCUT2D eigenvalue weighted by atomic mass is 127. The maximum absolute atomic E-state index is 12.1. The molecule has 1 aromatic heterocycles. The quantitative estimate of drug-likeness (QED) is 0.416. The number of nitrogens with zero attached hydrogens (tertiary/aromatic N) is 3. The van der Waals surface area contributed by atoms with Crippen molar-refractivity contribution < 1.29 is 13.2 Å². The fraction of sp³-hybridized carbons (Fsp3) is 0.714. The summed E-state index contributed by atoms with van der Waals surface area (Å²) in [7, 11) is 1.53. The summed E-state index contributed by atoms with van der Waals surface area (Å²) in [6.07, 6.45) is 1.73. The molecule has 1 fully saturated rings. The zero-order chi connectivity index (χ0) is 16.0. The Hall–Kier alpha value is -1.00. The highest BCUT2D eigenvalue weighted by Gasteiger charge is 2.26. The lowest BCUT2D eigenvalue weighted by Crippen LogP contribution is -2.38. The Bertz CT molecular complexity index is 495. The molecule has 0 aliphatic heterocycles. The molecule has 132 valence electrons. The van der Waals surface area contributed by atoms with Gasteiger partial charge in [-0.15, -0.1) is 24.0 Å². The van der Waals surface area contributed by atoms with Gasteiger partial charge in [-0.05, 0) is 18.9 Å². The molecule has 0 aromatic carbocycles. The fourth-order valence-electron chi connectivity index (χ4n) is 2.56. The Morgan fingerprint density at radius 1 is 1.35 bits per heavy atom. The maximum atomic E-state index is 12.1. The van der Waals surface area contributed by atoms with E-state index < -0.39 is 12.6 Å². The van der Waals surface area contributed by atoms with E-state index in [4.69, 9.17) is 0 Å².